The summed E-state index contributed by atoms with van der Waals surface area (Å²) in [5, 5.41) is 4.66. The predicted molar refractivity (Wildman–Crippen MR) is 64.8 cm³/mol. The SMILES string of the molecule is CC1CNC2CC(C)CC(C)C2SC1. The normalized spacial score (nSPS) is 49.5. The van der Waals surface area contributed by atoms with E-state index >= 15 is 0 Å². The van der Waals surface area contributed by atoms with Crippen molar-refractivity contribution < 1.29 is 0 Å². The molecule has 1 saturated carbocycles. The molecular weight excluding hydrogens is 190 g/mol. The molecule has 2 rings (SSSR count). The average molecular weight is 213 g/mol. The van der Waals surface area contributed by atoms with Crippen LogP contribution in [-0.2, 0) is 0 Å². The Morgan fingerprint density at radius 3 is 2.64 bits per heavy atom. The Bertz CT molecular complexity index is 195. The number of rotatable bonds is 0. The van der Waals surface area contributed by atoms with E-state index in [9.17, 15) is 0 Å². The van der Waals surface area contributed by atoms with E-state index in [0.29, 0.717) is 0 Å². The summed E-state index contributed by atoms with van der Waals surface area (Å²) in [4.78, 5) is 0. The minimum atomic E-state index is 0.795. The van der Waals surface area contributed by atoms with Crippen molar-refractivity contribution >= 4 is 11.8 Å². The van der Waals surface area contributed by atoms with Crippen LogP contribution in [0.2, 0.25) is 0 Å². The van der Waals surface area contributed by atoms with E-state index in [1.807, 2.05) is 0 Å². The second-order valence-corrected chi connectivity index (χ2v) is 6.68. The van der Waals surface area contributed by atoms with Crippen molar-refractivity contribution in [1.29, 1.82) is 0 Å². The standard InChI is InChI=1S/C12H23NS/c1-8-4-10(3)12-11(5-8)13-6-9(2)7-14-12/h8-13H,4-7H2,1-3H3. The Morgan fingerprint density at radius 1 is 1.07 bits per heavy atom. The van der Waals surface area contributed by atoms with Gasteiger partial charge in [0.05, 0.1) is 0 Å². The fraction of sp³-hybridized carbons (Fsp3) is 1.00. The zero-order valence-corrected chi connectivity index (χ0v) is 10.4. The second-order valence-electron chi connectivity index (χ2n) is 5.47. The Labute approximate surface area is 92.4 Å². The molecule has 1 aliphatic heterocycles. The van der Waals surface area contributed by atoms with Crippen LogP contribution in [-0.4, -0.2) is 23.6 Å². The highest BCUT2D eigenvalue weighted by Crippen LogP contribution is 2.38. The largest absolute Gasteiger partial charge is 0.313 e. The van der Waals surface area contributed by atoms with Crippen LogP contribution in [0.25, 0.3) is 0 Å². The van der Waals surface area contributed by atoms with E-state index < -0.39 is 0 Å². The topological polar surface area (TPSA) is 12.0 Å². The Hall–Kier alpha value is 0.310. The van der Waals surface area contributed by atoms with Crippen LogP contribution in [0, 0.1) is 17.8 Å². The highest BCUT2D eigenvalue weighted by atomic mass is 32.2. The highest BCUT2D eigenvalue weighted by Gasteiger charge is 2.35. The zero-order chi connectivity index (χ0) is 10.1. The molecule has 2 fully saturated rings. The van der Waals surface area contributed by atoms with Crippen molar-refractivity contribution in [2.45, 2.75) is 44.9 Å². The molecule has 1 heterocycles. The molecule has 2 aliphatic rings. The number of nitrogens with one attached hydrogen (secondary N) is 1. The van der Waals surface area contributed by atoms with Gasteiger partial charge < -0.3 is 5.32 Å². The summed E-state index contributed by atoms with van der Waals surface area (Å²) in [6.45, 7) is 8.45. The van der Waals surface area contributed by atoms with E-state index in [0.717, 1.165) is 29.0 Å². The lowest BCUT2D eigenvalue weighted by Gasteiger charge is -2.38. The number of thioether (sulfide) groups is 1. The van der Waals surface area contributed by atoms with Crippen molar-refractivity contribution in [2.24, 2.45) is 17.8 Å². The third-order valence-electron chi connectivity index (χ3n) is 3.69. The van der Waals surface area contributed by atoms with Crippen LogP contribution in [0.1, 0.15) is 33.6 Å². The van der Waals surface area contributed by atoms with E-state index in [1.165, 1.54) is 25.1 Å². The Kier molecular flexibility index (Phi) is 3.43. The highest BCUT2D eigenvalue weighted by molar-refractivity contribution is 8.00. The molecule has 0 radical (unpaired) electrons. The van der Waals surface area contributed by atoms with E-state index in [4.69, 9.17) is 0 Å². The van der Waals surface area contributed by atoms with Crippen molar-refractivity contribution in [2.75, 3.05) is 12.3 Å². The maximum absolute atomic E-state index is 3.77. The van der Waals surface area contributed by atoms with Gasteiger partial charge in [0.1, 0.15) is 0 Å². The van der Waals surface area contributed by atoms with Crippen molar-refractivity contribution in [3.8, 4) is 0 Å². The summed E-state index contributed by atoms with van der Waals surface area (Å²) in [5.74, 6) is 4.04. The van der Waals surface area contributed by atoms with Crippen LogP contribution >= 0.6 is 11.8 Å². The molecule has 5 atom stereocenters. The third-order valence-corrected chi connectivity index (χ3v) is 5.63. The number of fused-ring (bicyclic) bond motifs is 1. The molecule has 1 nitrogen and oxygen atoms in total. The van der Waals surface area contributed by atoms with Gasteiger partial charge >= 0.3 is 0 Å². The Morgan fingerprint density at radius 2 is 1.86 bits per heavy atom. The summed E-state index contributed by atoms with van der Waals surface area (Å²) >= 11 is 2.22. The minimum Gasteiger partial charge on any atom is -0.313 e. The second kappa shape index (κ2) is 4.44. The van der Waals surface area contributed by atoms with Gasteiger partial charge in [-0.3, -0.25) is 0 Å². The van der Waals surface area contributed by atoms with Gasteiger partial charge in [-0.05, 0) is 42.9 Å². The van der Waals surface area contributed by atoms with E-state index in [-0.39, 0.29) is 0 Å². The first-order valence-electron chi connectivity index (χ1n) is 6.01. The van der Waals surface area contributed by atoms with Gasteiger partial charge in [0.15, 0.2) is 0 Å². The first-order chi connectivity index (χ1) is 6.66. The maximum atomic E-state index is 3.77. The third kappa shape index (κ3) is 2.27. The molecule has 0 amide bonds. The van der Waals surface area contributed by atoms with Crippen LogP contribution in [0.4, 0.5) is 0 Å². The van der Waals surface area contributed by atoms with Crippen LogP contribution in [0.15, 0.2) is 0 Å². The molecule has 0 bridgehead atoms. The summed E-state index contributed by atoms with van der Waals surface area (Å²) in [7, 11) is 0. The van der Waals surface area contributed by atoms with Gasteiger partial charge in [-0.25, -0.2) is 0 Å². The number of hydrogen-bond acceptors (Lipinski definition) is 2. The lowest BCUT2D eigenvalue weighted by molar-refractivity contribution is 0.249. The molecule has 1 aliphatic carbocycles. The van der Waals surface area contributed by atoms with Gasteiger partial charge in [0.2, 0.25) is 0 Å². The van der Waals surface area contributed by atoms with Gasteiger partial charge in [-0.1, -0.05) is 20.8 Å². The van der Waals surface area contributed by atoms with Crippen LogP contribution < -0.4 is 5.32 Å². The molecular formula is C12H23NS. The first kappa shape index (κ1) is 10.8. The Balaban J connectivity index is 2.03. The monoisotopic (exact) mass is 213 g/mol. The summed E-state index contributed by atoms with van der Waals surface area (Å²) in [6.07, 6.45) is 2.83. The van der Waals surface area contributed by atoms with Crippen LogP contribution in [0.3, 0.4) is 0 Å². The van der Waals surface area contributed by atoms with Gasteiger partial charge in [-0.2, -0.15) is 11.8 Å². The summed E-state index contributed by atoms with van der Waals surface area (Å²) < 4.78 is 0. The van der Waals surface area contributed by atoms with Gasteiger partial charge in [0.25, 0.3) is 0 Å². The smallest absolute Gasteiger partial charge is 0.0227 e. The molecule has 5 unspecified atom stereocenters. The van der Waals surface area contributed by atoms with E-state index in [2.05, 4.69) is 37.8 Å². The van der Waals surface area contributed by atoms with Crippen LogP contribution in [0.5, 0.6) is 0 Å². The fourth-order valence-electron chi connectivity index (χ4n) is 3.00. The lowest BCUT2D eigenvalue weighted by Crippen LogP contribution is -2.45. The average Bonchev–Trinajstić information content (AvgIpc) is 2.28. The lowest BCUT2D eigenvalue weighted by atomic mass is 9.80. The van der Waals surface area contributed by atoms with Gasteiger partial charge in [-0.15, -0.1) is 0 Å². The quantitative estimate of drug-likeness (QED) is 0.664. The molecule has 14 heavy (non-hydrogen) atoms. The maximum Gasteiger partial charge on any atom is 0.0227 e. The molecule has 0 aromatic rings. The predicted octanol–water partition coefficient (Wildman–Crippen LogP) is 2.76. The first-order valence-corrected chi connectivity index (χ1v) is 7.06. The van der Waals surface area contributed by atoms with Crippen molar-refractivity contribution in [3.63, 3.8) is 0 Å². The molecule has 2 heteroatoms. The molecule has 1 saturated heterocycles. The minimum absolute atomic E-state index is 0.795. The van der Waals surface area contributed by atoms with Crippen molar-refractivity contribution in [3.05, 3.63) is 0 Å². The van der Waals surface area contributed by atoms with Gasteiger partial charge in [0, 0.05) is 11.3 Å². The van der Waals surface area contributed by atoms with E-state index in [1.54, 1.807) is 0 Å². The fourth-order valence-corrected chi connectivity index (χ4v) is 4.54. The molecule has 82 valence electrons. The van der Waals surface area contributed by atoms with Crippen molar-refractivity contribution in [1.82, 2.24) is 5.32 Å². The number of hydrogen-bond donors (Lipinski definition) is 1. The summed E-state index contributed by atoms with van der Waals surface area (Å²) in [6, 6.07) is 0.795. The molecule has 0 spiro atoms. The molecule has 1 N–H and O–H groups in total. The zero-order valence-electron chi connectivity index (χ0n) is 9.62. The molecule has 0 aromatic carbocycles. The molecule has 0 aromatic heterocycles. The summed E-state index contributed by atoms with van der Waals surface area (Å²) in [5.41, 5.74) is 0.